The fourth-order valence-corrected chi connectivity index (χ4v) is 3.45. The van der Waals surface area contributed by atoms with Crippen molar-refractivity contribution in [2.45, 2.75) is 57.5 Å². The molecule has 1 N–H and O–H groups in total. The smallest absolute Gasteiger partial charge is 0.0666 e. The van der Waals surface area contributed by atoms with E-state index in [2.05, 4.69) is 42.5 Å². The number of hydrogen-bond donors (Lipinski definition) is 1. The van der Waals surface area contributed by atoms with Gasteiger partial charge in [-0.1, -0.05) is 26.2 Å². The van der Waals surface area contributed by atoms with Crippen LogP contribution in [-0.4, -0.2) is 40.9 Å². The van der Waals surface area contributed by atoms with Gasteiger partial charge in [-0.15, -0.1) is 0 Å². The lowest BCUT2D eigenvalue weighted by Gasteiger charge is -2.43. The average Bonchev–Trinajstić information content (AvgIpc) is 2.80. The predicted octanol–water partition coefficient (Wildman–Crippen LogP) is 2.34. The summed E-state index contributed by atoms with van der Waals surface area (Å²) in [6.45, 7) is 4.19. The third-order valence-corrected chi connectivity index (χ3v) is 4.83. The van der Waals surface area contributed by atoms with Crippen LogP contribution in [0.15, 0.2) is 6.20 Å². The molecule has 0 atom stereocenters. The summed E-state index contributed by atoms with van der Waals surface area (Å²) in [5.74, 6) is 0. The minimum atomic E-state index is 0.354. The number of aryl methyl sites for hydroxylation is 2. The van der Waals surface area contributed by atoms with Crippen molar-refractivity contribution in [1.82, 2.24) is 20.0 Å². The zero-order valence-corrected chi connectivity index (χ0v) is 13.6. The molecule has 1 aromatic rings. The Kier molecular flexibility index (Phi) is 5.22. The molecule has 4 nitrogen and oxygen atoms in total. The fourth-order valence-electron chi connectivity index (χ4n) is 3.45. The Morgan fingerprint density at radius 2 is 2.00 bits per heavy atom. The van der Waals surface area contributed by atoms with E-state index >= 15 is 0 Å². The van der Waals surface area contributed by atoms with Crippen LogP contribution in [-0.2, 0) is 20.0 Å². The molecule has 0 unspecified atom stereocenters. The van der Waals surface area contributed by atoms with Crippen LogP contribution < -0.4 is 5.32 Å². The summed E-state index contributed by atoms with van der Waals surface area (Å²) in [4.78, 5) is 2.43. The van der Waals surface area contributed by atoms with Gasteiger partial charge in [-0.2, -0.15) is 5.10 Å². The highest BCUT2D eigenvalue weighted by molar-refractivity contribution is 5.16. The molecule has 0 amide bonds. The summed E-state index contributed by atoms with van der Waals surface area (Å²) in [5, 5.41) is 8.20. The monoisotopic (exact) mass is 278 g/mol. The zero-order chi connectivity index (χ0) is 14.6. The molecule has 0 aromatic carbocycles. The predicted molar refractivity (Wildman–Crippen MR) is 83.8 cm³/mol. The molecule has 0 bridgehead atoms. The molecule has 0 radical (unpaired) electrons. The normalized spacial score (nSPS) is 18.6. The molecule has 4 heteroatoms. The Bertz CT molecular complexity index is 416. The second-order valence-corrected chi connectivity index (χ2v) is 6.41. The van der Waals surface area contributed by atoms with Gasteiger partial charge in [-0.05, 0) is 33.4 Å². The lowest BCUT2D eigenvalue weighted by molar-refractivity contribution is 0.0983. The van der Waals surface area contributed by atoms with Crippen LogP contribution >= 0.6 is 0 Å². The van der Waals surface area contributed by atoms with Crippen LogP contribution in [0, 0.1) is 0 Å². The third kappa shape index (κ3) is 3.41. The summed E-state index contributed by atoms with van der Waals surface area (Å²) in [6.07, 6.45) is 9.94. The van der Waals surface area contributed by atoms with Crippen molar-refractivity contribution in [3.63, 3.8) is 0 Å². The molecule has 1 aromatic heterocycles. The summed E-state index contributed by atoms with van der Waals surface area (Å²) in [5.41, 5.74) is 2.93. The first kappa shape index (κ1) is 15.5. The first-order chi connectivity index (χ1) is 9.57. The molecule has 114 valence electrons. The molecule has 1 saturated carbocycles. The topological polar surface area (TPSA) is 33.1 Å². The van der Waals surface area contributed by atoms with Crippen LogP contribution in [0.4, 0.5) is 0 Å². The van der Waals surface area contributed by atoms with Gasteiger partial charge in [0, 0.05) is 37.4 Å². The average molecular weight is 278 g/mol. The van der Waals surface area contributed by atoms with E-state index in [4.69, 9.17) is 0 Å². The van der Waals surface area contributed by atoms with Gasteiger partial charge in [-0.3, -0.25) is 4.68 Å². The maximum atomic E-state index is 4.51. The van der Waals surface area contributed by atoms with E-state index in [9.17, 15) is 0 Å². The molecule has 1 fully saturated rings. The maximum Gasteiger partial charge on any atom is 0.0666 e. The highest BCUT2D eigenvalue weighted by Gasteiger charge is 2.33. The van der Waals surface area contributed by atoms with Crippen LogP contribution in [0.25, 0.3) is 0 Å². The maximum absolute atomic E-state index is 4.51. The highest BCUT2D eigenvalue weighted by Crippen LogP contribution is 2.31. The quantitative estimate of drug-likeness (QED) is 0.867. The van der Waals surface area contributed by atoms with Crippen LogP contribution in [0.1, 0.15) is 50.3 Å². The number of nitrogens with zero attached hydrogens (tertiary/aromatic N) is 3. The minimum absolute atomic E-state index is 0.354. The summed E-state index contributed by atoms with van der Waals surface area (Å²) < 4.78 is 1.93. The van der Waals surface area contributed by atoms with Gasteiger partial charge < -0.3 is 10.2 Å². The molecular weight excluding hydrogens is 248 g/mol. The minimum Gasteiger partial charge on any atom is -0.311 e. The van der Waals surface area contributed by atoms with E-state index in [0.29, 0.717) is 5.54 Å². The number of rotatable bonds is 6. The van der Waals surface area contributed by atoms with Crippen LogP contribution in [0.2, 0.25) is 0 Å². The number of nitrogens with one attached hydrogen (secondary N) is 1. The standard InChI is InChI=1S/C16H30N4/c1-5-15-14(12-20(4)18-15)11-17-13-16(19(2)3)9-7-6-8-10-16/h12,17H,5-11,13H2,1-4H3. The second-order valence-electron chi connectivity index (χ2n) is 6.41. The first-order valence-corrected chi connectivity index (χ1v) is 7.97. The van der Waals surface area contributed by atoms with Crippen LogP contribution in [0.3, 0.4) is 0 Å². The lowest BCUT2D eigenvalue weighted by Crippen LogP contribution is -2.52. The molecule has 20 heavy (non-hydrogen) atoms. The van der Waals surface area contributed by atoms with Gasteiger partial charge >= 0.3 is 0 Å². The van der Waals surface area contributed by atoms with Crippen molar-refractivity contribution in [2.75, 3.05) is 20.6 Å². The molecule has 0 saturated heterocycles. The Labute approximate surface area is 123 Å². The SMILES string of the molecule is CCc1nn(C)cc1CNCC1(N(C)C)CCCCC1. The first-order valence-electron chi connectivity index (χ1n) is 7.97. The van der Waals surface area contributed by atoms with Gasteiger partial charge in [0.1, 0.15) is 0 Å². The van der Waals surface area contributed by atoms with E-state index in [1.54, 1.807) is 0 Å². The summed E-state index contributed by atoms with van der Waals surface area (Å²) in [6, 6.07) is 0. The van der Waals surface area contributed by atoms with E-state index in [1.807, 2.05) is 11.7 Å². The van der Waals surface area contributed by atoms with Crippen molar-refractivity contribution in [1.29, 1.82) is 0 Å². The van der Waals surface area contributed by atoms with Gasteiger partial charge in [-0.25, -0.2) is 0 Å². The Morgan fingerprint density at radius 3 is 2.60 bits per heavy atom. The van der Waals surface area contributed by atoms with Crippen LogP contribution in [0.5, 0.6) is 0 Å². The van der Waals surface area contributed by atoms with E-state index < -0.39 is 0 Å². The zero-order valence-electron chi connectivity index (χ0n) is 13.6. The van der Waals surface area contributed by atoms with Crippen molar-refractivity contribution in [3.8, 4) is 0 Å². The molecule has 0 spiro atoms. The molecule has 0 aliphatic heterocycles. The molecule has 2 rings (SSSR count). The Hall–Kier alpha value is -0.870. The molecule has 1 heterocycles. The highest BCUT2D eigenvalue weighted by atomic mass is 15.3. The van der Waals surface area contributed by atoms with E-state index in [-0.39, 0.29) is 0 Å². The van der Waals surface area contributed by atoms with E-state index in [0.717, 1.165) is 19.5 Å². The molecule has 1 aliphatic carbocycles. The summed E-state index contributed by atoms with van der Waals surface area (Å²) in [7, 11) is 6.47. The number of likely N-dealkylation sites (N-methyl/N-ethyl adjacent to an activating group) is 1. The number of hydrogen-bond acceptors (Lipinski definition) is 3. The number of aromatic nitrogens is 2. The van der Waals surface area contributed by atoms with Gasteiger partial charge in [0.05, 0.1) is 5.69 Å². The van der Waals surface area contributed by atoms with E-state index in [1.165, 1.54) is 43.4 Å². The van der Waals surface area contributed by atoms with Crippen molar-refractivity contribution in [3.05, 3.63) is 17.5 Å². The largest absolute Gasteiger partial charge is 0.311 e. The van der Waals surface area contributed by atoms with Gasteiger partial charge in [0.15, 0.2) is 0 Å². The lowest BCUT2D eigenvalue weighted by atomic mass is 9.80. The fraction of sp³-hybridized carbons (Fsp3) is 0.812. The third-order valence-electron chi connectivity index (χ3n) is 4.83. The Balaban J connectivity index is 1.93. The molecule has 1 aliphatic rings. The van der Waals surface area contributed by atoms with Crippen molar-refractivity contribution < 1.29 is 0 Å². The van der Waals surface area contributed by atoms with Gasteiger partial charge in [0.25, 0.3) is 0 Å². The van der Waals surface area contributed by atoms with Crippen molar-refractivity contribution in [2.24, 2.45) is 7.05 Å². The Morgan fingerprint density at radius 1 is 1.30 bits per heavy atom. The second kappa shape index (κ2) is 6.72. The van der Waals surface area contributed by atoms with Gasteiger partial charge in [0.2, 0.25) is 0 Å². The summed E-state index contributed by atoms with van der Waals surface area (Å²) >= 11 is 0. The van der Waals surface area contributed by atoms with Crippen molar-refractivity contribution >= 4 is 0 Å². The molecular formula is C16H30N4.